The van der Waals surface area contributed by atoms with E-state index < -0.39 is 0 Å². The Balaban J connectivity index is 1.89. The highest BCUT2D eigenvalue weighted by atomic mass is 16.5. The van der Waals surface area contributed by atoms with Gasteiger partial charge >= 0.3 is 5.97 Å². The molecule has 0 aromatic heterocycles. The number of morpholine rings is 1. The number of amides is 1. The Bertz CT molecular complexity index is 348. The van der Waals surface area contributed by atoms with Crippen LogP contribution in [0.4, 0.5) is 0 Å². The summed E-state index contributed by atoms with van der Waals surface area (Å²) in [7, 11) is 1.39. The standard InChI is InChI=1S/C13H22N2O4/c1-10-8-15(6-7-19-10)12(16)9-14-5-3-4-11(14)13(17)18-2/h10-11H,3-9H2,1-2H3. The predicted octanol–water partition coefficient (Wildman–Crippen LogP) is -0.129. The minimum Gasteiger partial charge on any atom is -0.468 e. The normalized spacial score (nSPS) is 28.4. The molecule has 2 rings (SSSR count). The first-order valence-electron chi connectivity index (χ1n) is 6.83. The molecule has 2 fully saturated rings. The van der Waals surface area contributed by atoms with Gasteiger partial charge < -0.3 is 14.4 Å². The van der Waals surface area contributed by atoms with Crippen LogP contribution in [0.15, 0.2) is 0 Å². The van der Waals surface area contributed by atoms with Gasteiger partial charge in [0, 0.05) is 13.1 Å². The number of esters is 1. The van der Waals surface area contributed by atoms with Crippen molar-refractivity contribution in [3.05, 3.63) is 0 Å². The van der Waals surface area contributed by atoms with Crippen LogP contribution in [0.5, 0.6) is 0 Å². The average Bonchev–Trinajstić information content (AvgIpc) is 2.86. The molecule has 0 aliphatic carbocycles. The van der Waals surface area contributed by atoms with Crippen LogP contribution in [0.1, 0.15) is 19.8 Å². The summed E-state index contributed by atoms with van der Waals surface area (Å²) >= 11 is 0. The summed E-state index contributed by atoms with van der Waals surface area (Å²) in [6.45, 7) is 4.91. The molecule has 6 nitrogen and oxygen atoms in total. The van der Waals surface area contributed by atoms with E-state index in [1.807, 2.05) is 16.7 Å². The highest BCUT2D eigenvalue weighted by molar-refractivity contribution is 5.81. The van der Waals surface area contributed by atoms with Crippen LogP contribution in [-0.4, -0.2) is 73.7 Å². The Labute approximate surface area is 113 Å². The van der Waals surface area contributed by atoms with Crippen molar-refractivity contribution in [2.75, 3.05) is 39.9 Å². The van der Waals surface area contributed by atoms with E-state index in [0.717, 1.165) is 19.4 Å². The number of nitrogens with zero attached hydrogens (tertiary/aromatic N) is 2. The van der Waals surface area contributed by atoms with Gasteiger partial charge in [-0.3, -0.25) is 14.5 Å². The maximum atomic E-state index is 12.2. The molecule has 2 saturated heterocycles. The second kappa shape index (κ2) is 6.34. The summed E-state index contributed by atoms with van der Waals surface area (Å²) in [5.41, 5.74) is 0. The van der Waals surface area contributed by atoms with Crippen LogP contribution in [0.25, 0.3) is 0 Å². The molecule has 0 saturated carbocycles. The third kappa shape index (κ3) is 3.45. The monoisotopic (exact) mass is 270 g/mol. The number of methoxy groups -OCH3 is 1. The van der Waals surface area contributed by atoms with E-state index in [4.69, 9.17) is 9.47 Å². The molecule has 2 unspecified atom stereocenters. The lowest BCUT2D eigenvalue weighted by Gasteiger charge is -2.33. The lowest BCUT2D eigenvalue weighted by atomic mass is 10.2. The Hall–Kier alpha value is -1.14. The average molecular weight is 270 g/mol. The highest BCUT2D eigenvalue weighted by Crippen LogP contribution is 2.18. The van der Waals surface area contributed by atoms with Crippen molar-refractivity contribution >= 4 is 11.9 Å². The zero-order valence-corrected chi connectivity index (χ0v) is 11.6. The number of likely N-dealkylation sites (tertiary alicyclic amines) is 1. The van der Waals surface area contributed by atoms with Crippen molar-refractivity contribution in [2.45, 2.75) is 31.9 Å². The molecule has 0 aromatic carbocycles. The van der Waals surface area contributed by atoms with Gasteiger partial charge in [-0.05, 0) is 26.3 Å². The van der Waals surface area contributed by atoms with Gasteiger partial charge in [-0.2, -0.15) is 0 Å². The van der Waals surface area contributed by atoms with Crippen LogP contribution in [0.3, 0.4) is 0 Å². The zero-order chi connectivity index (χ0) is 13.8. The van der Waals surface area contributed by atoms with Crippen molar-refractivity contribution in [3.8, 4) is 0 Å². The molecule has 6 heteroatoms. The fourth-order valence-corrected chi connectivity index (χ4v) is 2.74. The van der Waals surface area contributed by atoms with Crippen LogP contribution < -0.4 is 0 Å². The van der Waals surface area contributed by atoms with E-state index in [2.05, 4.69) is 0 Å². The molecule has 1 amide bonds. The first-order chi connectivity index (χ1) is 9.11. The van der Waals surface area contributed by atoms with Gasteiger partial charge in [-0.15, -0.1) is 0 Å². The molecule has 2 atom stereocenters. The molecule has 0 bridgehead atoms. The van der Waals surface area contributed by atoms with Crippen molar-refractivity contribution in [3.63, 3.8) is 0 Å². The van der Waals surface area contributed by atoms with Crippen LogP contribution in [-0.2, 0) is 19.1 Å². The lowest BCUT2D eigenvalue weighted by molar-refractivity contribution is -0.147. The second-order valence-electron chi connectivity index (χ2n) is 5.17. The van der Waals surface area contributed by atoms with E-state index in [0.29, 0.717) is 26.2 Å². The van der Waals surface area contributed by atoms with Crippen molar-refractivity contribution < 1.29 is 19.1 Å². The van der Waals surface area contributed by atoms with Gasteiger partial charge in [0.2, 0.25) is 5.91 Å². The summed E-state index contributed by atoms with van der Waals surface area (Å²) in [6.07, 6.45) is 1.80. The summed E-state index contributed by atoms with van der Waals surface area (Å²) in [6, 6.07) is -0.257. The number of carbonyl (C=O) groups is 2. The molecular weight excluding hydrogens is 248 g/mol. The largest absolute Gasteiger partial charge is 0.468 e. The van der Waals surface area contributed by atoms with Gasteiger partial charge in [-0.1, -0.05) is 0 Å². The first-order valence-corrected chi connectivity index (χ1v) is 6.83. The zero-order valence-electron chi connectivity index (χ0n) is 11.6. The quantitative estimate of drug-likeness (QED) is 0.669. The van der Waals surface area contributed by atoms with Gasteiger partial charge in [-0.25, -0.2) is 0 Å². The van der Waals surface area contributed by atoms with Gasteiger partial charge in [0.25, 0.3) is 0 Å². The van der Waals surface area contributed by atoms with Gasteiger partial charge in [0.05, 0.1) is 26.4 Å². The Morgan fingerprint density at radius 1 is 1.37 bits per heavy atom. The summed E-state index contributed by atoms with van der Waals surface area (Å²) < 4.78 is 10.2. The van der Waals surface area contributed by atoms with Crippen LogP contribution in [0, 0.1) is 0 Å². The van der Waals surface area contributed by atoms with Crippen molar-refractivity contribution in [1.82, 2.24) is 9.80 Å². The number of carbonyl (C=O) groups excluding carboxylic acids is 2. The van der Waals surface area contributed by atoms with E-state index in [1.165, 1.54) is 7.11 Å². The second-order valence-corrected chi connectivity index (χ2v) is 5.17. The molecule has 0 N–H and O–H groups in total. The molecule has 2 aliphatic heterocycles. The lowest BCUT2D eigenvalue weighted by Crippen LogP contribution is -2.50. The summed E-state index contributed by atoms with van der Waals surface area (Å²) in [5, 5.41) is 0. The number of hydrogen-bond donors (Lipinski definition) is 0. The molecule has 2 aliphatic rings. The molecule has 0 aromatic rings. The topological polar surface area (TPSA) is 59.1 Å². The minimum atomic E-state index is -0.257. The van der Waals surface area contributed by atoms with Crippen LogP contribution >= 0.6 is 0 Å². The van der Waals surface area contributed by atoms with E-state index >= 15 is 0 Å². The summed E-state index contributed by atoms with van der Waals surface area (Å²) in [4.78, 5) is 27.6. The highest BCUT2D eigenvalue weighted by Gasteiger charge is 2.34. The van der Waals surface area contributed by atoms with Crippen LogP contribution in [0.2, 0.25) is 0 Å². The first kappa shape index (κ1) is 14.3. The molecule has 0 radical (unpaired) electrons. The summed E-state index contributed by atoms with van der Waals surface area (Å²) in [5.74, 6) is -0.161. The Morgan fingerprint density at radius 3 is 2.84 bits per heavy atom. The molecule has 108 valence electrons. The Kier molecular flexibility index (Phi) is 4.76. The van der Waals surface area contributed by atoms with Gasteiger partial charge in [0.1, 0.15) is 6.04 Å². The van der Waals surface area contributed by atoms with Crippen molar-refractivity contribution in [1.29, 1.82) is 0 Å². The van der Waals surface area contributed by atoms with E-state index in [1.54, 1.807) is 0 Å². The third-order valence-corrected chi connectivity index (χ3v) is 3.77. The van der Waals surface area contributed by atoms with E-state index in [9.17, 15) is 9.59 Å². The fraction of sp³-hybridized carbons (Fsp3) is 0.846. The molecule has 19 heavy (non-hydrogen) atoms. The smallest absolute Gasteiger partial charge is 0.323 e. The van der Waals surface area contributed by atoms with E-state index in [-0.39, 0.29) is 24.0 Å². The molecular formula is C13H22N2O4. The Morgan fingerprint density at radius 2 is 2.16 bits per heavy atom. The number of hydrogen-bond acceptors (Lipinski definition) is 5. The SMILES string of the molecule is COC(=O)C1CCCN1CC(=O)N1CCOC(C)C1. The fourth-order valence-electron chi connectivity index (χ4n) is 2.74. The molecule has 0 spiro atoms. The minimum absolute atomic E-state index is 0.0750. The van der Waals surface area contributed by atoms with Gasteiger partial charge in [0.15, 0.2) is 0 Å². The maximum Gasteiger partial charge on any atom is 0.323 e. The number of ether oxygens (including phenoxy) is 2. The third-order valence-electron chi connectivity index (χ3n) is 3.77. The molecule has 2 heterocycles. The maximum absolute atomic E-state index is 12.2. The van der Waals surface area contributed by atoms with Crippen molar-refractivity contribution in [2.24, 2.45) is 0 Å². The predicted molar refractivity (Wildman–Crippen MR) is 68.6 cm³/mol. The number of rotatable bonds is 3.